The third kappa shape index (κ3) is 2.73. The van der Waals surface area contributed by atoms with Crippen molar-refractivity contribution in [2.45, 2.75) is 12.8 Å². The van der Waals surface area contributed by atoms with Gasteiger partial charge in [0.15, 0.2) is 11.6 Å². The molecular formula is C16H20N4OS. The first-order chi connectivity index (χ1) is 10.9. The van der Waals surface area contributed by atoms with E-state index >= 15 is 0 Å². The summed E-state index contributed by atoms with van der Waals surface area (Å²) in [5, 5.41) is 3.46. The van der Waals surface area contributed by atoms with E-state index in [1.807, 2.05) is 23.9 Å². The Hall–Kier alpha value is -1.53. The van der Waals surface area contributed by atoms with Gasteiger partial charge in [0.1, 0.15) is 5.82 Å². The Labute approximate surface area is 134 Å². The number of thioether (sulfide) groups is 1. The van der Waals surface area contributed by atoms with Crippen LogP contribution < -0.4 is 10.2 Å². The molecule has 1 fully saturated rings. The largest absolute Gasteiger partial charge is 0.461 e. The van der Waals surface area contributed by atoms with E-state index in [2.05, 4.69) is 10.2 Å². The number of nitrogens with zero attached hydrogens (tertiary/aromatic N) is 3. The molecule has 0 radical (unpaired) electrons. The van der Waals surface area contributed by atoms with Gasteiger partial charge < -0.3 is 14.6 Å². The van der Waals surface area contributed by atoms with Gasteiger partial charge in [0.25, 0.3) is 0 Å². The molecule has 1 saturated heterocycles. The van der Waals surface area contributed by atoms with Crippen LogP contribution in [0.25, 0.3) is 11.6 Å². The fourth-order valence-electron chi connectivity index (χ4n) is 3.08. The van der Waals surface area contributed by atoms with Crippen LogP contribution in [0, 0.1) is 0 Å². The Morgan fingerprint density at radius 3 is 2.82 bits per heavy atom. The average Bonchev–Trinajstić information content (AvgIpc) is 3.00. The number of rotatable bonds is 2. The lowest BCUT2D eigenvalue weighted by Gasteiger charge is -2.30. The minimum absolute atomic E-state index is 0.721. The maximum Gasteiger partial charge on any atom is 0.197 e. The molecule has 0 unspecified atom stereocenters. The summed E-state index contributed by atoms with van der Waals surface area (Å²) in [6, 6.07) is 3.83. The molecule has 4 rings (SSSR count). The molecule has 0 aliphatic carbocycles. The van der Waals surface area contributed by atoms with Crippen LogP contribution in [0.1, 0.15) is 11.3 Å². The summed E-state index contributed by atoms with van der Waals surface area (Å²) in [6.45, 7) is 4.13. The van der Waals surface area contributed by atoms with Crippen molar-refractivity contribution < 1.29 is 4.42 Å². The topological polar surface area (TPSA) is 54.2 Å². The number of nitrogens with one attached hydrogen (secondary N) is 1. The van der Waals surface area contributed by atoms with E-state index < -0.39 is 0 Å². The highest BCUT2D eigenvalue weighted by molar-refractivity contribution is 7.99. The summed E-state index contributed by atoms with van der Waals surface area (Å²) in [5.74, 6) is 4.95. The van der Waals surface area contributed by atoms with Crippen LogP contribution in [0.4, 0.5) is 5.82 Å². The van der Waals surface area contributed by atoms with Gasteiger partial charge in [-0.25, -0.2) is 9.97 Å². The molecule has 0 spiro atoms. The SMILES string of the molecule is c1coc(-c2nc3c(c(N4CCSCC4)n2)CCNCC3)c1. The van der Waals surface area contributed by atoms with Crippen molar-refractivity contribution in [2.75, 3.05) is 42.6 Å². The van der Waals surface area contributed by atoms with Crippen molar-refractivity contribution in [2.24, 2.45) is 0 Å². The van der Waals surface area contributed by atoms with E-state index in [9.17, 15) is 0 Å². The second-order valence-corrected chi connectivity index (χ2v) is 6.85. The number of hydrogen-bond donors (Lipinski definition) is 1. The molecule has 0 amide bonds. The van der Waals surface area contributed by atoms with Gasteiger partial charge in [0.05, 0.1) is 12.0 Å². The van der Waals surface area contributed by atoms with E-state index in [1.54, 1.807) is 6.26 Å². The highest BCUT2D eigenvalue weighted by atomic mass is 32.2. The van der Waals surface area contributed by atoms with Gasteiger partial charge in [-0.05, 0) is 25.1 Å². The number of fused-ring (bicyclic) bond motifs is 1. The average molecular weight is 316 g/mol. The third-order valence-corrected chi connectivity index (χ3v) is 5.16. The van der Waals surface area contributed by atoms with E-state index in [1.165, 1.54) is 22.8 Å². The van der Waals surface area contributed by atoms with Crippen molar-refractivity contribution in [3.63, 3.8) is 0 Å². The Balaban J connectivity index is 1.80. The minimum atomic E-state index is 0.721. The Morgan fingerprint density at radius 1 is 1.14 bits per heavy atom. The van der Waals surface area contributed by atoms with Crippen LogP contribution >= 0.6 is 11.8 Å². The van der Waals surface area contributed by atoms with Gasteiger partial charge in [-0.2, -0.15) is 11.8 Å². The van der Waals surface area contributed by atoms with Crippen molar-refractivity contribution in [1.29, 1.82) is 0 Å². The van der Waals surface area contributed by atoms with Crippen molar-refractivity contribution >= 4 is 17.6 Å². The molecule has 2 aliphatic heterocycles. The van der Waals surface area contributed by atoms with Gasteiger partial charge in [0, 0.05) is 43.1 Å². The Morgan fingerprint density at radius 2 is 2.00 bits per heavy atom. The van der Waals surface area contributed by atoms with Crippen LogP contribution in [0.2, 0.25) is 0 Å². The fraction of sp³-hybridized carbons (Fsp3) is 0.500. The molecular weight excluding hydrogens is 296 g/mol. The Bertz CT molecular complexity index is 638. The molecule has 0 bridgehead atoms. The predicted octanol–water partition coefficient (Wildman–Crippen LogP) is 1.98. The lowest BCUT2D eigenvalue weighted by molar-refractivity contribution is 0.576. The molecule has 2 aromatic rings. The van der Waals surface area contributed by atoms with Crippen molar-refractivity contribution in [1.82, 2.24) is 15.3 Å². The highest BCUT2D eigenvalue weighted by Crippen LogP contribution is 2.28. The zero-order valence-corrected chi connectivity index (χ0v) is 13.4. The Kier molecular flexibility index (Phi) is 4.03. The standard InChI is InChI=1S/C16H20N4OS/c1-2-14(21-9-1)15-18-13-4-6-17-5-3-12(13)16(19-15)20-7-10-22-11-8-20/h1-2,9,17H,3-8,10-11H2. The van der Waals surface area contributed by atoms with Crippen LogP contribution in [0.5, 0.6) is 0 Å². The molecule has 2 aromatic heterocycles. The molecule has 0 atom stereocenters. The number of furan rings is 1. The second kappa shape index (κ2) is 6.30. The lowest BCUT2D eigenvalue weighted by atomic mass is 10.1. The highest BCUT2D eigenvalue weighted by Gasteiger charge is 2.23. The van der Waals surface area contributed by atoms with Crippen LogP contribution in [-0.2, 0) is 12.8 Å². The van der Waals surface area contributed by atoms with Crippen molar-refractivity contribution in [3.05, 3.63) is 29.7 Å². The summed E-state index contributed by atoms with van der Waals surface area (Å²) >= 11 is 2.02. The smallest absolute Gasteiger partial charge is 0.197 e. The zero-order chi connectivity index (χ0) is 14.8. The van der Waals surface area contributed by atoms with E-state index in [0.29, 0.717) is 0 Å². The first kappa shape index (κ1) is 14.1. The van der Waals surface area contributed by atoms with Gasteiger partial charge in [-0.15, -0.1) is 0 Å². The van der Waals surface area contributed by atoms with Gasteiger partial charge >= 0.3 is 0 Å². The zero-order valence-electron chi connectivity index (χ0n) is 12.5. The molecule has 2 aliphatic rings. The van der Waals surface area contributed by atoms with E-state index in [4.69, 9.17) is 14.4 Å². The molecule has 0 aromatic carbocycles. The minimum Gasteiger partial charge on any atom is -0.461 e. The van der Waals surface area contributed by atoms with E-state index in [-0.39, 0.29) is 0 Å². The molecule has 4 heterocycles. The first-order valence-corrected chi connectivity index (χ1v) is 9.04. The summed E-state index contributed by atoms with van der Waals surface area (Å²) < 4.78 is 5.52. The predicted molar refractivity (Wildman–Crippen MR) is 89.5 cm³/mol. The second-order valence-electron chi connectivity index (χ2n) is 5.62. The van der Waals surface area contributed by atoms with Crippen LogP contribution in [0.3, 0.4) is 0 Å². The fourth-order valence-corrected chi connectivity index (χ4v) is 3.98. The molecule has 1 N–H and O–H groups in total. The third-order valence-electron chi connectivity index (χ3n) is 4.21. The molecule has 6 heteroatoms. The molecule has 5 nitrogen and oxygen atoms in total. The monoisotopic (exact) mass is 316 g/mol. The van der Waals surface area contributed by atoms with Crippen molar-refractivity contribution in [3.8, 4) is 11.6 Å². The quantitative estimate of drug-likeness (QED) is 0.914. The van der Waals surface area contributed by atoms with Gasteiger partial charge in [-0.3, -0.25) is 0 Å². The van der Waals surface area contributed by atoms with Gasteiger partial charge in [-0.1, -0.05) is 0 Å². The van der Waals surface area contributed by atoms with Gasteiger partial charge in [0.2, 0.25) is 0 Å². The first-order valence-electron chi connectivity index (χ1n) is 7.89. The number of hydrogen-bond acceptors (Lipinski definition) is 6. The maximum absolute atomic E-state index is 5.52. The number of anilines is 1. The molecule has 22 heavy (non-hydrogen) atoms. The summed E-state index contributed by atoms with van der Waals surface area (Å²) in [6.07, 6.45) is 3.65. The molecule has 0 saturated carbocycles. The van der Waals surface area contributed by atoms with Crippen LogP contribution in [-0.4, -0.2) is 47.7 Å². The summed E-state index contributed by atoms with van der Waals surface area (Å²) in [7, 11) is 0. The normalized spacial score (nSPS) is 18.8. The summed E-state index contributed by atoms with van der Waals surface area (Å²) in [4.78, 5) is 12.1. The van der Waals surface area contributed by atoms with Crippen LogP contribution in [0.15, 0.2) is 22.8 Å². The lowest BCUT2D eigenvalue weighted by Crippen LogP contribution is -2.34. The van der Waals surface area contributed by atoms with E-state index in [0.717, 1.165) is 56.4 Å². The molecule has 116 valence electrons. The number of aromatic nitrogens is 2. The maximum atomic E-state index is 5.52. The summed E-state index contributed by atoms with van der Waals surface area (Å²) in [5.41, 5.74) is 2.51.